The predicted molar refractivity (Wildman–Crippen MR) is 132 cm³/mol. The Morgan fingerprint density at radius 1 is 1.00 bits per heavy atom. The molecular weight excluding hydrogens is 430 g/mol. The van der Waals surface area contributed by atoms with Crippen LogP contribution in [0.3, 0.4) is 0 Å². The van der Waals surface area contributed by atoms with Gasteiger partial charge in [-0.05, 0) is 47.7 Å². The van der Waals surface area contributed by atoms with Crippen LogP contribution in [-0.2, 0) is 6.42 Å². The van der Waals surface area contributed by atoms with Gasteiger partial charge in [-0.1, -0.05) is 50.2 Å². The molecule has 34 heavy (non-hydrogen) atoms. The van der Waals surface area contributed by atoms with Gasteiger partial charge in [0.15, 0.2) is 0 Å². The van der Waals surface area contributed by atoms with Crippen LogP contribution in [0.5, 0.6) is 0 Å². The van der Waals surface area contributed by atoms with E-state index in [4.69, 9.17) is 0 Å². The minimum atomic E-state index is -1.10. The van der Waals surface area contributed by atoms with Crippen LogP contribution >= 0.6 is 0 Å². The standard InChI is InChI=1S/C27H31N3O4/c1-18(2)22-14-23(16-28-15-22)30(3)17-25(31)24(12-19-8-5-4-6-9-19)29-26(32)20-10-7-11-21(13-20)27(33)34/h4-11,13-16,18,24-25,31H,12,17H2,1-3H3,(H,29,32)(H,33,34)/t24-,25+/m0/s1. The van der Waals surface area contributed by atoms with E-state index in [9.17, 15) is 19.8 Å². The third kappa shape index (κ3) is 6.65. The first-order valence-corrected chi connectivity index (χ1v) is 11.3. The molecule has 2 aromatic carbocycles. The number of hydrogen-bond acceptors (Lipinski definition) is 5. The molecule has 3 aromatic rings. The van der Waals surface area contributed by atoms with Crippen LogP contribution in [0.25, 0.3) is 0 Å². The number of amides is 1. The Balaban J connectivity index is 1.79. The van der Waals surface area contributed by atoms with Gasteiger partial charge in [0.05, 0.1) is 29.6 Å². The number of aromatic carboxylic acids is 1. The molecule has 0 saturated carbocycles. The van der Waals surface area contributed by atoms with Gasteiger partial charge in [0.2, 0.25) is 0 Å². The number of rotatable bonds is 10. The second-order valence-corrected chi connectivity index (χ2v) is 8.73. The number of anilines is 1. The van der Waals surface area contributed by atoms with Gasteiger partial charge < -0.3 is 20.4 Å². The van der Waals surface area contributed by atoms with Crippen LogP contribution in [0, 0.1) is 0 Å². The topological polar surface area (TPSA) is 103 Å². The highest BCUT2D eigenvalue weighted by Crippen LogP contribution is 2.20. The molecule has 0 unspecified atom stereocenters. The Labute approximate surface area is 200 Å². The van der Waals surface area contributed by atoms with Gasteiger partial charge in [-0.3, -0.25) is 9.78 Å². The number of carbonyl (C=O) groups excluding carboxylic acids is 1. The van der Waals surface area contributed by atoms with Crippen molar-refractivity contribution in [3.05, 3.63) is 95.3 Å². The molecule has 1 aromatic heterocycles. The smallest absolute Gasteiger partial charge is 0.335 e. The normalized spacial score (nSPS) is 12.7. The fourth-order valence-corrected chi connectivity index (χ4v) is 3.68. The molecule has 0 fully saturated rings. The Hall–Kier alpha value is -3.71. The highest BCUT2D eigenvalue weighted by molar-refractivity contribution is 5.97. The third-order valence-electron chi connectivity index (χ3n) is 5.76. The molecule has 1 heterocycles. The van der Waals surface area contributed by atoms with Gasteiger partial charge in [-0.25, -0.2) is 4.79 Å². The predicted octanol–water partition coefficient (Wildman–Crippen LogP) is 3.74. The number of carboxylic acids is 1. The van der Waals surface area contributed by atoms with Crippen LogP contribution in [0.2, 0.25) is 0 Å². The van der Waals surface area contributed by atoms with Crippen molar-refractivity contribution < 1.29 is 19.8 Å². The first-order valence-electron chi connectivity index (χ1n) is 11.3. The number of pyridine rings is 1. The SMILES string of the molecule is CC(C)c1cncc(N(C)C[C@@H](O)[C@H](Cc2ccccc2)NC(=O)c2cccc(C(=O)O)c2)c1. The van der Waals surface area contributed by atoms with Crippen molar-refractivity contribution in [3.8, 4) is 0 Å². The van der Waals surface area contributed by atoms with E-state index in [1.54, 1.807) is 12.3 Å². The first kappa shape index (κ1) is 24.9. The highest BCUT2D eigenvalue weighted by Gasteiger charge is 2.24. The summed E-state index contributed by atoms with van der Waals surface area (Å²) >= 11 is 0. The number of nitrogens with one attached hydrogen (secondary N) is 1. The number of likely N-dealkylation sites (N-methyl/N-ethyl adjacent to an activating group) is 1. The molecule has 0 aliphatic carbocycles. The number of aliphatic hydroxyl groups is 1. The lowest BCUT2D eigenvalue weighted by Crippen LogP contribution is -2.49. The zero-order chi connectivity index (χ0) is 24.7. The number of benzene rings is 2. The molecule has 7 nitrogen and oxygen atoms in total. The van der Waals surface area contributed by atoms with Crippen molar-refractivity contribution in [2.75, 3.05) is 18.5 Å². The van der Waals surface area contributed by atoms with Crippen molar-refractivity contribution in [2.45, 2.75) is 38.3 Å². The van der Waals surface area contributed by atoms with Gasteiger partial charge in [0.1, 0.15) is 0 Å². The fraction of sp³-hybridized carbons (Fsp3) is 0.296. The molecular formula is C27H31N3O4. The molecule has 0 radical (unpaired) electrons. The highest BCUT2D eigenvalue weighted by atomic mass is 16.4. The summed E-state index contributed by atoms with van der Waals surface area (Å²) in [5, 5.41) is 23.3. The van der Waals surface area contributed by atoms with Crippen LogP contribution < -0.4 is 10.2 Å². The van der Waals surface area contributed by atoms with Gasteiger partial charge >= 0.3 is 5.97 Å². The van der Waals surface area contributed by atoms with Crippen molar-refractivity contribution in [3.63, 3.8) is 0 Å². The van der Waals surface area contributed by atoms with Gasteiger partial charge in [-0.2, -0.15) is 0 Å². The van der Waals surface area contributed by atoms with Crippen LogP contribution in [-0.4, -0.2) is 52.8 Å². The number of carboxylic acid groups (broad SMARTS) is 1. The molecule has 0 spiro atoms. The molecule has 0 saturated heterocycles. The summed E-state index contributed by atoms with van der Waals surface area (Å²) < 4.78 is 0. The Morgan fingerprint density at radius 2 is 1.71 bits per heavy atom. The van der Waals surface area contributed by atoms with Gasteiger partial charge in [0, 0.05) is 25.4 Å². The zero-order valence-electron chi connectivity index (χ0n) is 19.7. The molecule has 3 N–H and O–H groups in total. The summed E-state index contributed by atoms with van der Waals surface area (Å²) in [5.74, 6) is -1.21. The van der Waals surface area contributed by atoms with E-state index in [-0.39, 0.29) is 17.7 Å². The average Bonchev–Trinajstić information content (AvgIpc) is 2.84. The van der Waals surface area contributed by atoms with Crippen LogP contribution in [0.15, 0.2) is 73.1 Å². The van der Waals surface area contributed by atoms with Crippen molar-refractivity contribution in [1.29, 1.82) is 0 Å². The molecule has 0 aliphatic rings. The number of hydrogen-bond donors (Lipinski definition) is 3. The second kappa shape index (κ2) is 11.4. The van der Waals surface area contributed by atoms with Crippen molar-refractivity contribution in [1.82, 2.24) is 10.3 Å². The number of aliphatic hydroxyl groups excluding tert-OH is 1. The maximum absolute atomic E-state index is 13.0. The van der Waals surface area contributed by atoms with E-state index in [0.29, 0.717) is 12.3 Å². The summed E-state index contributed by atoms with van der Waals surface area (Å²) in [7, 11) is 1.88. The summed E-state index contributed by atoms with van der Waals surface area (Å²) in [6, 6.07) is 16.9. The zero-order valence-corrected chi connectivity index (χ0v) is 19.7. The summed E-state index contributed by atoms with van der Waals surface area (Å²) in [6.45, 7) is 4.47. The van der Waals surface area contributed by atoms with Gasteiger partial charge in [-0.15, -0.1) is 0 Å². The molecule has 0 aliphatic heterocycles. The van der Waals surface area contributed by atoms with Crippen LogP contribution in [0.4, 0.5) is 5.69 Å². The maximum Gasteiger partial charge on any atom is 0.335 e. The molecule has 7 heteroatoms. The molecule has 0 bridgehead atoms. The van der Waals surface area contributed by atoms with E-state index in [0.717, 1.165) is 16.8 Å². The number of carbonyl (C=O) groups is 2. The fourth-order valence-electron chi connectivity index (χ4n) is 3.68. The minimum Gasteiger partial charge on any atom is -0.478 e. The second-order valence-electron chi connectivity index (χ2n) is 8.73. The monoisotopic (exact) mass is 461 g/mol. The van der Waals surface area contributed by atoms with E-state index in [1.807, 2.05) is 54.5 Å². The summed E-state index contributed by atoms with van der Waals surface area (Å²) in [5.41, 5.74) is 3.21. The van der Waals surface area contributed by atoms with E-state index in [1.165, 1.54) is 18.2 Å². The summed E-state index contributed by atoms with van der Waals surface area (Å²) in [6.07, 6.45) is 3.12. The van der Waals surface area contributed by atoms with E-state index in [2.05, 4.69) is 24.1 Å². The number of nitrogens with zero attached hydrogens (tertiary/aromatic N) is 2. The molecule has 178 valence electrons. The average molecular weight is 462 g/mol. The molecule has 2 atom stereocenters. The lowest BCUT2D eigenvalue weighted by molar-refractivity contribution is 0.0697. The quantitative estimate of drug-likeness (QED) is 0.425. The van der Waals surface area contributed by atoms with Crippen LogP contribution in [0.1, 0.15) is 51.6 Å². The van der Waals surface area contributed by atoms with Gasteiger partial charge in [0.25, 0.3) is 5.91 Å². The maximum atomic E-state index is 13.0. The lowest BCUT2D eigenvalue weighted by Gasteiger charge is -2.29. The Morgan fingerprint density at radius 3 is 2.38 bits per heavy atom. The lowest BCUT2D eigenvalue weighted by atomic mass is 9.99. The van der Waals surface area contributed by atoms with Crippen molar-refractivity contribution >= 4 is 17.6 Å². The van der Waals surface area contributed by atoms with Crippen molar-refractivity contribution in [2.24, 2.45) is 0 Å². The largest absolute Gasteiger partial charge is 0.478 e. The summed E-state index contributed by atoms with van der Waals surface area (Å²) in [4.78, 5) is 30.5. The number of aromatic nitrogens is 1. The molecule has 1 amide bonds. The molecule has 3 rings (SSSR count). The minimum absolute atomic E-state index is 0.0325. The van der Waals surface area contributed by atoms with E-state index >= 15 is 0 Å². The Bertz CT molecular complexity index is 1120. The third-order valence-corrected chi connectivity index (χ3v) is 5.76. The Kier molecular flexibility index (Phi) is 8.38. The van der Waals surface area contributed by atoms with E-state index < -0.39 is 24.0 Å². The first-order chi connectivity index (χ1) is 16.2.